The molecule has 2 aromatic carbocycles. The van der Waals surface area contributed by atoms with E-state index in [1.807, 2.05) is 24.3 Å². The predicted octanol–water partition coefficient (Wildman–Crippen LogP) is 2.81. The summed E-state index contributed by atoms with van der Waals surface area (Å²) in [5.41, 5.74) is 0. The molecule has 1 saturated heterocycles. The molecular formula is C23H30O7. The highest BCUT2D eigenvalue weighted by atomic mass is 16.6. The predicted molar refractivity (Wildman–Crippen MR) is 111 cm³/mol. The number of hydrogen-bond donors (Lipinski definition) is 2. The number of aliphatic hydroxyl groups excluding tert-OH is 2. The van der Waals surface area contributed by atoms with Crippen molar-refractivity contribution >= 4 is 16.7 Å². The van der Waals surface area contributed by atoms with Gasteiger partial charge in [0, 0.05) is 12.8 Å². The van der Waals surface area contributed by atoms with Crippen LogP contribution in [0.25, 0.3) is 10.8 Å². The van der Waals surface area contributed by atoms with Gasteiger partial charge in [0.05, 0.1) is 32.0 Å². The Labute approximate surface area is 176 Å². The van der Waals surface area contributed by atoms with Crippen LogP contribution in [0.5, 0.6) is 5.75 Å². The van der Waals surface area contributed by atoms with Gasteiger partial charge in [-0.15, -0.1) is 0 Å². The lowest BCUT2D eigenvalue weighted by atomic mass is 10.1. The Hall–Kier alpha value is -2.19. The highest BCUT2D eigenvalue weighted by Gasteiger charge is 2.29. The fraction of sp³-hybridized carbons (Fsp3) is 0.522. The number of fused-ring (bicyclic) bond motifs is 1. The molecule has 3 atom stereocenters. The minimum Gasteiger partial charge on any atom is -0.494 e. The van der Waals surface area contributed by atoms with Gasteiger partial charge in [0.2, 0.25) is 0 Å². The number of ether oxygens (including phenoxy) is 4. The third-order valence-corrected chi connectivity index (χ3v) is 5.02. The van der Waals surface area contributed by atoms with E-state index in [2.05, 4.69) is 18.2 Å². The van der Waals surface area contributed by atoms with Gasteiger partial charge in [-0.2, -0.15) is 0 Å². The van der Waals surface area contributed by atoms with Crippen LogP contribution in [0.2, 0.25) is 0 Å². The van der Waals surface area contributed by atoms with Crippen molar-refractivity contribution in [1.29, 1.82) is 0 Å². The monoisotopic (exact) mass is 418 g/mol. The molecule has 164 valence electrons. The summed E-state index contributed by atoms with van der Waals surface area (Å²) in [6.45, 7) is 0.605. The number of carbonyl (C=O) groups is 1. The molecule has 1 aliphatic heterocycles. The molecule has 2 N–H and O–H groups in total. The zero-order valence-electron chi connectivity index (χ0n) is 17.1. The molecule has 0 saturated carbocycles. The number of aliphatic hydroxyl groups is 2. The number of benzene rings is 2. The molecule has 1 aliphatic rings. The maximum absolute atomic E-state index is 11.8. The molecular weight excluding hydrogens is 388 g/mol. The first-order valence-corrected chi connectivity index (χ1v) is 10.5. The molecule has 1 heterocycles. The summed E-state index contributed by atoms with van der Waals surface area (Å²) < 4.78 is 21.6. The summed E-state index contributed by atoms with van der Waals surface area (Å²) >= 11 is 0. The van der Waals surface area contributed by atoms with Crippen LogP contribution < -0.4 is 4.74 Å². The summed E-state index contributed by atoms with van der Waals surface area (Å²) in [7, 11) is 0. The first-order chi connectivity index (χ1) is 14.6. The lowest BCUT2D eigenvalue weighted by Gasteiger charge is -2.31. The van der Waals surface area contributed by atoms with Gasteiger partial charge in [-0.25, -0.2) is 4.79 Å². The average Bonchev–Trinajstić information content (AvgIpc) is 2.76. The summed E-state index contributed by atoms with van der Waals surface area (Å²) in [5, 5.41) is 21.0. The Morgan fingerprint density at radius 1 is 1.03 bits per heavy atom. The Morgan fingerprint density at radius 3 is 2.67 bits per heavy atom. The van der Waals surface area contributed by atoms with E-state index < -0.39 is 18.4 Å². The molecule has 7 heteroatoms. The smallest absolute Gasteiger partial charge is 0.332 e. The van der Waals surface area contributed by atoms with E-state index >= 15 is 0 Å². The maximum Gasteiger partial charge on any atom is 0.332 e. The second kappa shape index (κ2) is 11.9. The first kappa shape index (κ1) is 22.5. The quantitative estimate of drug-likeness (QED) is 0.428. The van der Waals surface area contributed by atoms with Gasteiger partial charge >= 0.3 is 5.97 Å². The van der Waals surface area contributed by atoms with Crippen LogP contribution >= 0.6 is 0 Å². The molecule has 3 rings (SSSR count). The number of esters is 1. The summed E-state index contributed by atoms with van der Waals surface area (Å²) in [4.78, 5) is 11.8. The summed E-state index contributed by atoms with van der Waals surface area (Å²) in [6, 6.07) is 14.2. The van der Waals surface area contributed by atoms with Crippen LogP contribution in [0.15, 0.2) is 42.5 Å². The Morgan fingerprint density at radius 2 is 1.83 bits per heavy atom. The van der Waals surface area contributed by atoms with Crippen LogP contribution in [0, 0.1) is 0 Å². The van der Waals surface area contributed by atoms with E-state index in [-0.39, 0.29) is 25.7 Å². The third kappa shape index (κ3) is 7.25. The molecule has 0 amide bonds. The summed E-state index contributed by atoms with van der Waals surface area (Å²) in [5.74, 6) is 0.433. The highest BCUT2D eigenvalue weighted by molar-refractivity contribution is 5.83. The number of unbranched alkanes of at least 4 members (excludes halogenated alkanes) is 2. The van der Waals surface area contributed by atoms with E-state index in [1.54, 1.807) is 0 Å². The van der Waals surface area contributed by atoms with Crippen molar-refractivity contribution in [3.05, 3.63) is 42.5 Å². The molecule has 7 nitrogen and oxygen atoms in total. The molecule has 0 spiro atoms. The van der Waals surface area contributed by atoms with Crippen LogP contribution in [-0.4, -0.2) is 61.1 Å². The lowest BCUT2D eigenvalue weighted by Crippen LogP contribution is -2.39. The molecule has 0 aromatic heterocycles. The molecule has 0 radical (unpaired) electrons. The van der Waals surface area contributed by atoms with Gasteiger partial charge in [-0.05, 0) is 42.2 Å². The Balaban J connectivity index is 1.22. The van der Waals surface area contributed by atoms with Gasteiger partial charge in [0.1, 0.15) is 12.4 Å². The van der Waals surface area contributed by atoms with Gasteiger partial charge < -0.3 is 29.2 Å². The minimum absolute atomic E-state index is 0.166. The van der Waals surface area contributed by atoms with E-state index in [9.17, 15) is 9.90 Å². The van der Waals surface area contributed by atoms with Gasteiger partial charge in [-0.3, -0.25) is 0 Å². The van der Waals surface area contributed by atoms with Crippen molar-refractivity contribution in [3.63, 3.8) is 0 Å². The van der Waals surface area contributed by atoms with Gasteiger partial charge in [0.15, 0.2) is 6.29 Å². The van der Waals surface area contributed by atoms with Crippen LogP contribution in [0.4, 0.5) is 0 Å². The van der Waals surface area contributed by atoms with Crippen molar-refractivity contribution in [2.24, 2.45) is 0 Å². The van der Waals surface area contributed by atoms with Crippen molar-refractivity contribution in [3.8, 4) is 5.75 Å². The first-order valence-electron chi connectivity index (χ1n) is 10.5. The SMILES string of the molecule is O=C(COC1CC(O)OC(CO)C1)OCCCCCOc1ccc2ccccc2c1. The van der Waals surface area contributed by atoms with Crippen LogP contribution in [0.3, 0.4) is 0 Å². The van der Waals surface area contributed by atoms with E-state index in [0.717, 1.165) is 30.4 Å². The zero-order valence-corrected chi connectivity index (χ0v) is 17.1. The van der Waals surface area contributed by atoms with Gasteiger partial charge in [-0.1, -0.05) is 30.3 Å². The second-order valence-corrected chi connectivity index (χ2v) is 7.44. The molecule has 2 aromatic rings. The van der Waals surface area contributed by atoms with E-state index in [0.29, 0.717) is 19.6 Å². The second-order valence-electron chi connectivity index (χ2n) is 7.44. The normalized spacial score (nSPS) is 21.5. The topological polar surface area (TPSA) is 94.5 Å². The van der Waals surface area contributed by atoms with Crippen LogP contribution in [0.1, 0.15) is 32.1 Å². The number of hydrogen-bond acceptors (Lipinski definition) is 7. The average molecular weight is 418 g/mol. The lowest BCUT2D eigenvalue weighted by molar-refractivity contribution is -0.207. The highest BCUT2D eigenvalue weighted by Crippen LogP contribution is 2.21. The Kier molecular flexibility index (Phi) is 8.89. The fourth-order valence-electron chi connectivity index (χ4n) is 3.44. The molecule has 1 fully saturated rings. The summed E-state index contributed by atoms with van der Waals surface area (Å²) in [6.07, 6.45) is 1.48. The van der Waals surface area contributed by atoms with E-state index in [1.165, 1.54) is 5.39 Å². The maximum atomic E-state index is 11.8. The molecule has 0 bridgehead atoms. The third-order valence-electron chi connectivity index (χ3n) is 5.02. The zero-order chi connectivity index (χ0) is 21.2. The number of rotatable bonds is 11. The van der Waals surface area contributed by atoms with Gasteiger partial charge in [0.25, 0.3) is 0 Å². The largest absolute Gasteiger partial charge is 0.494 e. The van der Waals surface area contributed by atoms with Crippen molar-refractivity contribution in [2.45, 2.75) is 50.6 Å². The Bertz CT molecular complexity index is 794. The number of carbonyl (C=O) groups excluding carboxylic acids is 1. The van der Waals surface area contributed by atoms with Crippen LogP contribution in [-0.2, 0) is 19.0 Å². The van der Waals surface area contributed by atoms with Crippen molar-refractivity contribution < 1.29 is 34.0 Å². The van der Waals surface area contributed by atoms with Crippen molar-refractivity contribution in [1.82, 2.24) is 0 Å². The standard InChI is InChI=1S/C23H30O7/c24-15-21-13-20(14-22(25)30-21)29-16-23(26)28-11-5-1-4-10-27-19-9-8-17-6-2-3-7-18(17)12-19/h2-3,6-9,12,20-22,24-25H,1,4-5,10-11,13-16H2. The molecule has 0 aliphatic carbocycles. The fourth-order valence-corrected chi connectivity index (χ4v) is 3.44. The molecule has 3 unspecified atom stereocenters. The molecule has 30 heavy (non-hydrogen) atoms. The van der Waals surface area contributed by atoms with Crippen molar-refractivity contribution in [2.75, 3.05) is 26.4 Å². The minimum atomic E-state index is -0.978. The van der Waals surface area contributed by atoms with E-state index in [4.69, 9.17) is 24.1 Å².